The van der Waals surface area contributed by atoms with Crippen molar-refractivity contribution in [1.29, 1.82) is 0 Å². The van der Waals surface area contributed by atoms with Gasteiger partial charge in [-0.2, -0.15) is 0 Å². The van der Waals surface area contributed by atoms with E-state index in [1.165, 1.54) is 0 Å². The molecule has 16 aromatic rings. The van der Waals surface area contributed by atoms with E-state index < -0.39 is 6.71 Å². The van der Waals surface area contributed by atoms with Gasteiger partial charge < -0.3 is 27.5 Å². The van der Waals surface area contributed by atoms with Crippen LogP contribution in [0.1, 0.15) is 0 Å². The topological polar surface area (TPSA) is 59.0 Å². The number of fused-ring (bicyclic) bond motifs is 18. The first-order chi connectivity index (χ1) is 39.2. The summed E-state index contributed by atoms with van der Waals surface area (Å²) in [6.45, 7) is -0.423. The normalized spacial score (nSPS) is 13.0. The lowest BCUT2D eigenvalue weighted by molar-refractivity contribution is 0.668. The van der Waals surface area contributed by atoms with Gasteiger partial charge in [0.2, 0.25) is 0 Å². The summed E-state index contributed by atoms with van der Waals surface area (Å²) in [4.78, 5) is 5.04. The van der Waals surface area contributed by atoms with Crippen LogP contribution in [0.5, 0.6) is 0 Å². The lowest BCUT2D eigenvalue weighted by Gasteiger charge is -2.45. The van der Waals surface area contributed by atoms with Crippen LogP contribution in [0.15, 0.2) is 266 Å². The molecule has 2 aliphatic rings. The average molecular weight is 1010 g/mol. The monoisotopic (exact) mass is 1010 g/mol. The summed E-state index contributed by atoms with van der Waals surface area (Å²) >= 11 is 0. The number of hydrogen-bond donors (Lipinski definition) is 0. The molecule has 0 atom stereocenters. The van der Waals surface area contributed by atoms with Crippen LogP contribution in [0, 0.1) is 0 Å². The zero-order valence-electron chi connectivity index (χ0n) is 42.3. The highest BCUT2D eigenvalue weighted by Crippen LogP contribution is 2.54. The minimum Gasteiger partial charge on any atom is -0.456 e. The molecule has 0 fully saturated rings. The highest BCUT2D eigenvalue weighted by Gasteiger charge is 2.49. The van der Waals surface area contributed by atoms with Gasteiger partial charge in [-0.3, -0.25) is 0 Å². The molecule has 2 aliphatic heterocycles. The fourth-order valence-electron chi connectivity index (χ4n) is 13.6. The fourth-order valence-corrected chi connectivity index (χ4v) is 13.6. The Morgan fingerprint density at radius 1 is 0.241 bits per heavy atom. The third-order valence-electron chi connectivity index (χ3n) is 16.8. The third kappa shape index (κ3) is 5.90. The standard InChI is InChI=1S/C72H41BN2O4/c1-4-20-42(21-5-1)45-38-54-68-55(39-45)75(53-31-19-37-63-67(53)49-29-13-15-33-59(49)77-63)57-41-51(44-24-8-3-9-25-44)65-47-27-11-17-35-61(47)79-72(65)70(57)73(68)69-56(74(54)52-30-18-36-62-66(52)48-28-12-14-32-58(48)76-62)40-50(43-22-6-2-7-23-43)64-46-26-10-16-34-60(46)78-71(64)69/h1-41H. The fraction of sp³-hybridized carbons (Fsp3) is 0. The molecule has 0 radical (unpaired) electrons. The molecule has 0 N–H and O–H groups in total. The molecule has 0 unspecified atom stereocenters. The average Bonchev–Trinajstić information content (AvgIpc) is 3.64. The van der Waals surface area contributed by atoms with Crippen LogP contribution in [0.4, 0.5) is 34.1 Å². The molecule has 7 heteroatoms. The molecule has 18 rings (SSSR count). The Bertz CT molecular complexity index is 4920. The zero-order chi connectivity index (χ0) is 51.4. The molecule has 0 spiro atoms. The Labute approximate surface area is 452 Å². The summed E-state index contributed by atoms with van der Waals surface area (Å²) in [5, 5.41) is 8.40. The maximum absolute atomic E-state index is 7.53. The first-order valence-corrected chi connectivity index (χ1v) is 26.9. The Balaban J connectivity index is 1.09. The van der Waals surface area contributed by atoms with Crippen LogP contribution >= 0.6 is 0 Å². The molecule has 79 heavy (non-hydrogen) atoms. The van der Waals surface area contributed by atoms with E-state index >= 15 is 0 Å². The Morgan fingerprint density at radius 3 is 1.01 bits per heavy atom. The van der Waals surface area contributed by atoms with E-state index in [0.29, 0.717) is 0 Å². The van der Waals surface area contributed by atoms with E-state index in [-0.39, 0.29) is 0 Å². The molecule has 0 amide bonds. The van der Waals surface area contributed by atoms with Crippen molar-refractivity contribution in [3.8, 4) is 33.4 Å². The van der Waals surface area contributed by atoms with Gasteiger partial charge in [-0.25, -0.2) is 0 Å². The molecule has 12 aromatic carbocycles. The minimum atomic E-state index is -0.423. The Kier molecular flexibility index (Phi) is 8.66. The Hall–Kier alpha value is -10.5. The summed E-state index contributed by atoms with van der Waals surface area (Å²) in [6.07, 6.45) is 0. The lowest BCUT2D eigenvalue weighted by atomic mass is 9.33. The van der Waals surface area contributed by atoms with Crippen molar-refractivity contribution in [2.24, 2.45) is 0 Å². The van der Waals surface area contributed by atoms with Crippen molar-refractivity contribution in [2.75, 3.05) is 9.80 Å². The molecular formula is C72H41BN2O4. The summed E-state index contributed by atoms with van der Waals surface area (Å²) in [7, 11) is 0. The first kappa shape index (κ1) is 42.7. The second kappa shape index (κ2) is 16.0. The SMILES string of the molecule is c1ccc(-c2cc3c4c(c2)N(c2cccc5oc6ccccc6c25)c2cc(-c5ccccc5)c5c(oc6ccccc65)c2B4c2c(cc(-c4ccccc4)c4c2oc2ccccc24)N3c2cccc3oc4ccccc4c23)cc1. The molecule has 6 nitrogen and oxygen atoms in total. The van der Waals surface area contributed by atoms with Crippen LogP contribution in [-0.4, -0.2) is 6.71 Å². The second-order valence-corrected chi connectivity index (χ2v) is 20.9. The van der Waals surface area contributed by atoms with Crippen molar-refractivity contribution in [3.05, 3.63) is 249 Å². The van der Waals surface area contributed by atoms with Crippen LogP contribution in [-0.2, 0) is 0 Å². The second-order valence-electron chi connectivity index (χ2n) is 20.9. The van der Waals surface area contributed by atoms with E-state index in [0.717, 1.165) is 172 Å². The van der Waals surface area contributed by atoms with Crippen LogP contribution < -0.4 is 26.2 Å². The van der Waals surface area contributed by atoms with Crippen LogP contribution in [0.2, 0.25) is 0 Å². The zero-order valence-corrected chi connectivity index (χ0v) is 42.3. The van der Waals surface area contributed by atoms with E-state index in [9.17, 15) is 0 Å². The number of rotatable bonds is 5. The summed E-state index contributed by atoms with van der Waals surface area (Å²) < 4.78 is 28.6. The van der Waals surface area contributed by atoms with E-state index in [1.54, 1.807) is 0 Å². The molecule has 0 saturated heterocycles. The quantitative estimate of drug-likeness (QED) is 0.160. The summed E-state index contributed by atoms with van der Waals surface area (Å²) in [5.41, 5.74) is 22.5. The van der Waals surface area contributed by atoms with Crippen molar-refractivity contribution < 1.29 is 17.7 Å². The number of furan rings is 4. The summed E-state index contributed by atoms with van der Waals surface area (Å²) in [6, 6.07) is 88.9. The van der Waals surface area contributed by atoms with Crippen LogP contribution in [0.3, 0.4) is 0 Å². The molecule has 0 bridgehead atoms. The van der Waals surface area contributed by atoms with Gasteiger partial charge in [-0.15, -0.1) is 0 Å². The molecule has 0 saturated carbocycles. The van der Waals surface area contributed by atoms with Gasteiger partial charge in [0.25, 0.3) is 6.71 Å². The van der Waals surface area contributed by atoms with E-state index in [4.69, 9.17) is 17.7 Å². The predicted octanol–water partition coefficient (Wildman–Crippen LogP) is 18.4. The lowest BCUT2D eigenvalue weighted by Crippen LogP contribution is -2.61. The molecule has 366 valence electrons. The maximum Gasteiger partial charge on any atom is 0.261 e. The maximum atomic E-state index is 7.53. The number of benzene rings is 12. The Morgan fingerprint density at radius 2 is 0.582 bits per heavy atom. The van der Waals surface area contributed by atoms with Crippen molar-refractivity contribution in [3.63, 3.8) is 0 Å². The van der Waals surface area contributed by atoms with Gasteiger partial charge in [0.1, 0.15) is 44.7 Å². The minimum absolute atomic E-state index is 0.423. The number of hydrogen-bond acceptors (Lipinski definition) is 6. The molecule has 4 aromatic heterocycles. The van der Waals surface area contributed by atoms with Crippen molar-refractivity contribution in [2.45, 2.75) is 0 Å². The smallest absolute Gasteiger partial charge is 0.261 e. The van der Waals surface area contributed by atoms with E-state index in [1.807, 2.05) is 12.1 Å². The molecular weight excluding hydrogens is 968 g/mol. The van der Waals surface area contributed by atoms with Gasteiger partial charge in [0.15, 0.2) is 0 Å². The predicted molar refractivity (Wildman–Crippen MR) is 326 cm³/mol. The van der Waals surface area contributed by atoms with E-state index in [2.05, 4.69) is 246 Å². The van der Waals surface area contributed by atoms with Gasteiger partial charge in [0.05, 0.1) is 22.1 Å². The number of para-hydroxylation sites is 4. The first-order valence-electron chi connectivity index (χ1n) is 26.9. The number of anilines is 6. The summed E-state index contributed by atoms with van der Waals surface area (Å²) in [5.74, 6) is 0. The third-order valence-corrected chi connectivity index (χ3v) is 16.8. The van der Waals surface area contributed by atoms with Crippen LogP contribution in [0.25, 0.3) is 121 Å². The van der Waals surface area contributed by atoms with Gasteiger partial charge in [-0.05, 0) is 123 Å². The molecule has 6 heterocycles. The number of nitrogens with zero attached hydrogens (tertiary/aromatic N) is 2. The van der Waals surface area contributed by atoms with Gasteiger partial charge in [-0.1, -0.05) is 176 Å². The van der Waals surface area contributed by atoms with Crippen molar-refractivity contribution in [1.82, 2.24) is 0 Å². The van der Waals surface area contributed by atoms with Crippen molar-refractivity contribution >= 4 is 145 Å². The highest BCUT2D eigenvalue weighted by atomic mass is 16.3. The largest absolute Gasteiger partial charge is 0.456 e. The van der Waals surface area contributed by atoms with Gasteiger partial charge in [0, 0.05) is 55.1 Å². The molecule has 0 aliphatic carbocycles. The highest BCUT2D eigenvalue weighted by molar-refractivity contribution is 7.03. The van der Waals surface area contributed by atoms with Gasteiger partial charge >= 0.3 is 0 Å².